The first-order valence-corrected chi connectivity index (χ1v) is 6.11. The Morgan fingerprint density at radius 1 is 1.00 bits per heavy atom. The minimum Gasteiger partial charge on any atom is -0.369 e. The third-order valence-corrected chi connectivity index (χ3v) is 3.57. The molecule has 1 heterocycles. The van der Waals surface area contributed by atoms with Crippen LogP contribution in [0.5, 0.6) is 0 Å². The molecule has 0 aliphatic rings. The molecule has 0 aliphatic carbocycles. The van der Waals surface area contributed by atoms with Crippen molar-refractivity contribution in [2.24, 2.45) is 0 Å². The summed E-state index contributed by atoms with van der Waals surface area (Å²) >= 11 is 12.2. The van der Waals surface area contributed by atoms with Crippen LogP contribution in [0.4, 0.5) is 5.95 Å². The summed E-state index contributed by atoms with van der Waals surface area (Å²) in [5, 5.41) is 0.959. The minimum atomic E-state index is 0.389. The second-order valence-corrected chi connectivity index (χ2v) is 4.65. The van der Waals surface area contributed by atoms with E-state index in [1.165, 1.54) is 0 Å². The van der Waals surface area contributed by atoms with Crippen LogP contribution in [-0.2, 0) is 0 Å². The van der Waals surface area contributed by atoms with Crippen LogP contribution in [-0.4, -0.2) is 9.55 Å². The van der Waals surface area contributed by atoms with E-state index in [0.29, 0.717) is 16.0 Å². The molecule has 0 unspecified atom stereocenters. The second-order valence-electron chi connectivity index (χ2n) is 3.87. The summed E-state index contributed by atoms with van der Waals surface area (Å²) in [4.78, 5) is 4.30. The molecule has 0 saturated heterocycles. The van der Waals surface area contributed by atoms with Crippen LogP contribution >= 0.6 is 23.2 Å². The zero-order valence-corrected chi connectivity index (χ0v) is 10.8. The first-order valence-electron chi connectivity index (χ1n) is 5.36. The third-order valence-electron chi connectivity index (χ3n) is 2.76. The number of nitrogens with two attached hydrogens (primary N) is 1. The first-order chi connectivity index (χ1) is 8.68. The molecule has 18 heavy (non-hydrogen) atoms. The van der Waals surface area contributed by atoms with Crippen LogP contribution in [0.15, 0.2) is 42.5 Å². The largest absolute Gasteiger partial charge is 0.369 e. The first kappa shape index (κ1) is 11.4. The molecule has 0 radical (unpaired) electrons. The lowest BCUT2D eigenvalue weighted by Crippen LogP contribution is -2.01. The van der Waals surface area contributed by atoms with E-state index in [-0.39, 0.29) is 0 Å². The lowest BCUT2D eigenvalue weighted by atomic mass is 10.3. The third kappa shape index (κ3) is 1.64. The van der Waals surface area contributed by atoms with E-state index in [1.807, 2.05) is 36.4 Å². The molecule has 0 bridgehead atoms. The molecule has 0 saturated carbocycles. The lowest BCUT2D eigenvalue weighted by molar-refractivity contribution is 1.11. The van der Waals surface area contributed by atoms with Gasteiger partial charge < -0.3 is 5.73 Å². The smallest absolute Gasteiger partial charge is 0.205 e. The highest BCUT2D eigenvalue weighted by molar-refractivity contribution is 6.43. The van der Waals surface area contributed by atoms with Crippen molar-refractivity contribution in [1.29, 1.82) is 0 Å². The van der Waals surface area contributed by atoms with Crippen molar-refractivity contribution in [1.82, 2.24) is 9.55 Å². The topological polar surface area (TPSA) is 43.8 Å². The SMILES string of the molecule is Nc1nc2ccccc2n1-c1cccc(Cl)c1Cl. The number of benzene rings is 2. The van der Waals surface area contributed by atoms with Gasteiger partial charge in [-0.05, 0) is 24.3 Å². The van der Waals surface area contributed by atoms with Crippen LogP contribution in [0.2, 0.25) is 10.0 Å². The summed E-state index contributed by atoms with van der Waals surface area (Å²) in [5.41, 5.74) is 8.41. The fourth-order valence-electron chi connectivity index (χ4n) is 1.96. The van der Waals surface area contributed by atoms with E-state index in [2.05, 4.69) is 4.98 Å². The number of nitrogens with zero attached hydrogens (tertiary/aromatic N) is 2. The highest BCUT2D eigenvalue weighted by Crippen LogP contribution is 2.32. The molecule has 3 aromatic rings. The Labute approximate surface area is 114 Å². The molecule has 3 nitrogen and oxygen atoms in total. The number of imidazole rings is 1. The standard InChI is InChI=1S/C13H9Cl2N3/c14-8-4-3-7-11(12(8)15)18-10-6-2-1-5-9(10)17-13(18)16/h1-7H,(H2,16,17). The van der Waals surface area contributed by atoms with Gasteiger partial charge in [-0.15, -0.1) is 0 Å². The molecule has 2 N–H and O–H groups in total. The van der Waals surface area contributed by atoms with Gasteiger partial charge in [-0.1, -0.05) is 41.4 Å². The van der Waals surface area contributed by atoms with Crippen molar-refractivity contribution in [3.05, 3.63) is 52.5 Å². The van der Waals surface area contributed by atoms with Crippen LogP contribution in [0.1, 0.15) is 0 Å². The van der Waals surface area contributed by atoms with Crippen molar-refractivity contribution in [2.75, 3.05) is 5.73 Å². The highest BCUT2D eigenvalue weighted by atomic mass is 35.5. The number of fused-ring (bicyclic) bond motifs is 1. The van der Waals surface area contributed by atoms with Gasteiger partial charge in [0.15, 0.2) is 0 Å². The van der Waals surface area contributed by atoms with Gasteiger partial charge in [-0.2, -0.15) is 0 Å². The summed E-state index contributed by atoms with van der Waals surface area (Å²) in [5.74, 6) is 0.389. The van der Waals surface area contributed by atoms with Gasteiger partial charge in [0.25, 0.3) is 0 Å². The summed E-state index contributed by atoms with van der Waals surface area (Å²) in [6.07, 6.45) is 0. The molecule has 3 rings (SSSR count). The fourth-order valence-corrected chi connectivity index (χ4v) is 2.34. The van der Waals surface area contributed by atoms with Gasteiger partial charge in [0.2, 0.25) is 5.95 Å². The predicted molar refractivity (Wildman–Crippen MR) is 75.5 cm³/mol. The highest BCUT2D eigenvalue weighted by Gasteiger charge is 2.13. The van der Waals surface area contributed by atoms with Gasteiger partial charge >= 0.3 is 0 Å². The Hall–Kier alpha value is -1.71. The Balaban J connectivity index is 2.38. The molecule has 0 fully saturated rings. The lowest BCUT2D eigenvalue weighted by Gasteiger charge is -2.09. The molecule has 2 aromatic carbocycles. The van der Waals surface area contributed by atoms with Crippen LogP contribution in [0.3, 0.4) is 0 Å². The average molecular weight is 278 g/mol. The van der Waals surface area contributed by atoms with E-state index in [1.54, 1.807) is 10.6 Å². The zero-order chi connectivity index (χ0) is 12.7. The Morgan fingerprint density at radius 2 is 1.78 bits per heavy atom. The van der Waals surface area contributed by atoms with Crippen molar-refractivity contribution in [2.45, 2.75) is 0 Å². The van der Waals surface area contributed by atoms with Crippen LogP contribution < -0.4 is 5.73 Å². The van der Waals surface area contributed by atoms with E-state index in [9.17, 15) is 0 Å². The maximum Gasteiger partial charge on any atom is 0.205 e. The summed E-state index contributed by atoms with van der Waals surface area (Å²) in [6, 6.07) is 13.1. The van der Waals surface area contributed by atoms with Gasteiger partial charge in [-0.3, -0.25) is 4.57 Å². The van der Waals surface area contributed by atoms with E-state index in [4.69, 9.17) is 28.9 Å². The Morgan fingerprint density at radius 3 is 2.61 bits per heavy atom. The monoisotopic (exact) mass is 277 g/mol. The van der Waals surface area contributed by atoms with Crippen molar-refractivity contribution >= 4 is 40.2 Å². The number of halogens is 2. The van der Waals surface area contributed by atoms with Crippen molar-refractivity contribution in [3.63, 3.8) is 0 Å². The number of rotatable bonds is 1. The molecule has 1 aromatic heterocycles. The van der Waals surface area contributed by atoms with Gasteiger partial charge in [0.05, 0.1) is 26.8 Å². The quantitative estimate of drug-likeness (QED) is 0.733. The Kier molecular flexibility index (Phi) is 2.65. The summed E-state index contributed by atoms with van der Waals surface area (Å²) < 4.78 is 1.80. The van der Waals surface area contributed by atoms with E-state index < -0.39 is 0 Å². The molecular formula is C13H9Cl2N3. The van der Waals surface area contributed by atoms with Gasteiger partial charge in [-0.25, -0.2) is 4.98 Å². The fraction of sp³-hybridized carbons (Fsp3) is 0. The molecular weight excluding hydrogens is 269 g/mol. The van der Waals surface area contributed by atoms with Gasteiger partial charge in [0.1, 0.15) is 0 Å². The number of anilines is 1. The number of nitrogen functional groups attached to an aromatic ring is 1. The van der Waals surface area contributed by atoms with Gasteiger partial charge in [0, 0.05) is 0 Å². The summed E-state index contributed by atoms with van der Waals surface area (Å²) in [6.45, 7) is 0. The molecule has 0 atom stereocenters. The Bertz CT molecular complexity index is 734. The minimum absolute atomic E-state index is 0.389. The van der Waals surface area contributed by atoms with E-state index in [0.717, 1.165) is 16.7 Å². The molecule has 0 amide bonds. The predicted octanol–water partition coefficient (Wildman–Crippen LogP) is 3.91. The molecule has 0 spiro atoms. The van der Waals surface area contributed by atoms with Crippen molar-refractivity contribution in [3.8, 4) is 5.69 Å². The average Bonchev–Trinajstić information content (AvgIpc) is 2.69. The maximum absolute atomic E-state index is 6.22. The van der Waals surface area contributed by atoms with Crippen molar-refractivity contribution < 1.29 is 0 Å². The molecule has 5 heteroatoms. The number of hydrogen-bond acceptors (Lipinski definition) is 2. The second kappa shape index (κ2) is 4.19. The number of aromatic nitrogens is 2. The van der Waals surface area contributed by atoms with Crippen LogP contribution in [0.25, 0.3) is 16.7 Å². The van der Waals surface area contributed by atoms with Crippen LogP contribution in [0, 0.1) is 0 Å². The van der Waals surface area contributed by atoms with E-state index >= 15 is 0 Å². The molecule has 90 valence electrons. The zero-order valence-electron chi connectivity index (χ0n) is 9.27. The number of hydrogen-bond donors (Lipinski definition) is 1. The summed E-state index contributed by atoms with van der Waals surface area (Å²) in [7, 11) is 0. The number of para-hydroxylation sites is 2. The normalized spacial score (nSPS) is 11.0. The maximum atomic E-state index is 6.22. The molecule has 0 aliphatic heterocycles.